The van der Waals surface area contributed by atoms with E-state index in [0.717, 1.165) is 11.1 Å². The van der Waals surface area contributed by atoms with Crippen molar-refractivity contribution in [1.82, 2.24) is 0 Å². The lowest BCUT2D eigenvalue weighted by atomic mass is 10.1. The molecule has 1 heterocycles. The van der Waals surface area contributed by atoms with Crippen LogP contribution in [0.5, 0.6) is 0 Å². The number of carbonyl (C=O) groups excluding carboxylic acids is 1. The van der Waals surface area contributed by atoms with Crippen molar-refractivity contribution in [3.05, 3.63) is 69.3 Å². The van der Waals surface area contributed by atoms with Crippen LogP contribution in [0.4, 0.5) is 11.4 Å². The predicted octanol–water partition coefficient (Wildman–Crippen LogP) is 3.10. The molecule has 0 spiro atoms. The van der Waals surface area contributed by atoms with E-state index < -0.39 is 10.9 Å². The van der Waals surface area contributed by atoms with E-state index in [4.69, 9.17) is 9.47 Å². The van der Waals surface area contributed by atoms with Crippen molar-refractivity contribution < 1.29 is 19.2 Å². The molecule has 1 aliphatic rings. The summed E-state index contributed by atoms with van der Waals surface area (Å²) in [5.41, 5.74) is 2.51. The Hall–Kier alpha value is -2.93. The van der Waals surface area contributed by atoms with Crippen molar-refractivity contribution in [3.8, 4) is 0 Å². The van der Waals surface area contributed by atoms with Crippen LogP contribution in [0.3, 0.4) is 0 Å². The van der Waals surface area contributed by atoms with Gasteiger partial charge in [0.25, 0.3) is 5.69 Å². The molecule has 0 saturated carbocycles. The number of nitro benzene ring substituents is 1. The normalized spacial score (nSPS) is 14.1. The summed E-state index contributed by atoms with van der Waals surface area (Å²) < 4.78 is 10.6. The third-order valence-corrected chi connectivity index (χ3v) is 4.21. The molecule has 3 rings (SSSR count). The summed E-state index contributed by atoms with van der Waals surface area (Å²) in [5, 5.41) is 11.5. The Morgan fingerprint density at radius 3 is 2.69 bits per heavy atom. The monoisotopic (exact) mass is 356 g/mol. The summed E-state index contributed by atoms with van der Waals surface area (Å²) in [6, 6.07) is 12.1. The number of ether oxygens (including phenoxy) is 2. The number of rotatable bonds is 5. The van der Waals surface area contributed by atoms with Crippen LogP contribution >= 0.6 is 0 Å². The fourth-order valence-electron chi connectivity index (χ4n) is 2.90. The van der Waals surface area contributed by atoms with Gasteiger partial charge < -0.3 is 14.4 Å². The van der Waals surface area contributed by atoms with Gasteiger partial charge in [0, 0.05) is 19.2 Å². The fourth-order valence-corrected chi connectivity index (χ4v) is 2.90. The number of carbonyl (C=O) groups is 1. The molecule has 0 atom stereocenters. The topological polar surface area (TPSA) is 81.9 Å². The van der Waals surface area contributed by atoms with Crippen molar-refractivity contribution in [2.45, 2.75) is 13.5 Å². The van der Waals surface area contributed by atoms with Gasteiger partial charge >= 0.3 is 5.97 Å². The molecule has 26 heavy (non-hydrogen) atoms. The van der Waals surface area contributed by atoms with Gasteiger partial charge in [0.15, 0.2) is 0 Å². The minimum absolute atomic E-state index is 0.100. The second-order valence-electron chi connectivity index (χ2n) is 6.13. The number of morpholine rings is 1. The lowest BCUT2D eigenvalue weighted by Crippen LogP contribution is -2.36. The van der Waals surface area contributed by atoms with Gasteiger partial charge in [0.1, 0.15) is 12.3 Å². The van der Waals surface area contributed by atoms with E-state index in [9.17, 15) is 14.9 Å². The molecule has 0 aromatic heterocycles. The summed E-state index contributed by atoms with van der Waals surface area (Å²) in [4.78, 5) is 25.2. The third-order valence-electron chi connectivity index (χ3n) is 4.21. The standard InChI is InChI=1S/C19H20N2O5/c1-14-3-2-4-15(11-14)13-26-19(22)16-5-6-17(18(12-16)21(23)24)20-7-9-25-10-8-20/h2-6,11-12H,7-10,13H2,1H3. The van der Waals surface area contributed by atoms with Gasteiger partial charge in [0.2, 0.25) is 0 Å². The lowest BCUT2D eigenvalue weighted by molar-refractivity contribution is -0.384. The first-order chi connectivity index (χ1) is 12.5. The molecule has 7 nitrogen and oxygen atoms in total. The van der Waals surface area contributed by atoms with Crippen LogP contribution in [-0.2, 0) is 16.1 Å². The zero-order chi connectivity index (χ0) is 18.5. The zero-order valence-corrected chi connectivity index (χ0v) is 14.5. The van der Waals surface area contributed by atoms with Crippen molar-refractivity contribution >= 4 is 17.3 Å². The van der Waals surface area contributed by atoms with Crippen LogP contribution in [0.25, 0.3) is 0 Å². The van der Waals surface area contributed by atoms with E-state index in [1.54, 1.807) is 12.1 Å². The van der Waals surface area contributed by atoms with E-state index in [1.807, 2.05) is 36.1 Å². The van der Waals surface area contributed by atoms with Crippen LogP contribution in [-0.4, -0.2) is 37.2 Å². The Bertz CT molecular complexity index is 815. The van der Waals surface area contributed by atoms with E-state index in [0.29, 0.717) is 32.0 Å². The molecule has 136 valence electrons. The van der Waals surface area contributed by atoms with Gasteiger partial charge in [-0.15, -0.1) is 0 Å². The molecule has 0 aliphatic carbocycles. The fraction of sp³-hybridized carbons (Fsp3) is 0.316. The van der Waals surface area contributed by atoms with Gasteiger partial charge in [-0.3, -0.25) is 10.1 Å². The Labute approximate surface area is 151 Å². The number of aryl methyl sites for hydroxylation is 1. The summed E-state index contributed by atoms with van der Waals surface area (Å²) in [7, 11) is 0. The average Bonchev–Trinajstić information content (AvgIpc) is 2.66. The highest BCUT2D eigenvalue weighted by Gasteiger charge is 2.23. The largest absolute Gasteiger partial charge is 0.457 e. The van der Waals surface area contributed by atoms with Gasteiger partial charge in [0.05, 0.1) is 23.7 Å². The van der Waals surface area contributed by atoms with E-state index >= 15 is 0 Å². The molecule has 0 radical (unpaired) electrons. The van der Waals surface area contributed by atoms with E-state index in [2.05, 4.69) is 0 Å². The molecule has 0 unspecified atom stereocenters. The van der Waals surface area contributed by atoms with Crippen LogP contribution < -0.4 is 4.90 Å². The summed E-state index contributed by atoms with van der Waals surface area (Å²) in [6.45, 7) is 4.30. The molecule has 0 bridgehead atoms. The molecule has 2 aromatic rings. The highest BCUT2D eigenvalue weighted by Crippen LogP contribution is 2.30. The third kappa shape index (κ3) is 4.18. The first kappa shape index (κ1) is 17.9. The van der Waals surface area contributed by atoms with Gasteiger partial charge in [-0.05, 0) is 24.6 Å². The minimum atomic E-state index is -0.580. The van der Waals surface area contributed by atoms with Crippen LogP contribution in [0.1, 0.15) is 21.5 Å². The van der Waals surface area contributed by atoms with Crippen LogP contribution in [0.2, 0.25) is 0 Å². The Morgan fingerprint density at radius 2 is 2.00 bits per heavy atom. The highest BCUT2D eigenvalue weighted by atomic mass is 16.6. The van der Waals surface area contributed by atoms with Crippen LogP contribution in [0, 0.1) is 17.0 Å². The number of hydrogen-bond donors (Lipinski definition) is 0. The maximum Gasteiger partial charge on any atom is 0.338 e. The smallest absolute Gasteiger partial charge is 0.338 e. The molecule has 1 aliphatic heterocycles. The minimum Gasteiger partial charge on any atom is -0.457 e. The number of nitrogens with zero attached hydrogens (tertiary/aromatic N) is 2. The quantitative estimate of drug-likeness (QED) is 0.465. The predicted molar refractivity (Wildman–Crippen MR) is 96.4 cm³/mol. The van der Waals surface area contributed by atoms with Gasteiger partial charge in [-0.25, -0.2) is 4.79 Å². The number of hydrogen-bond acceptors (Lipinski definition) is 6. The van der Waals surface area contributed by atoms with Crippen molar-refractivity contribution in [2.24, 2.45) is 0 Å². The summed E-state index contributed by atoms with van der Waals surface area (Å²) >= 11 is 0. The zero-order valence-electron chi connectivity index (χ0n) is 14.5. The number of anilines is 1. The van der Waals surface area contributed by atoms with Crippen molar-refractivity contribution in [2.75, 3.05) is 31.2 Å². The highest BCUT2D eigenvalue weighted by molar-refractivity contribution is 5.91. The molecular formula is C19H20N2O5. The van der Waals surface area contributed by atoms with E-state index in [-0.39, 0.29) is 17.9 Å². The van der Waals surface area contributed by atoms with Crippen molar-refractivity contribution in [1.29, 1.82) is 0 Å². The van der Waals surface area contributed by atoms with Crippen molar-refractivity contribution in [3.63, 3.8) is 0 Å². The maximum absolute atomic E-state index is 12.3. The average molecular weight is 356 g/mol. The molecule has 1 fully saturated rings. The maximum atomic E-state index is 12.3. The number of esters is 1. The van der Waals surface area contributed by atoms with E-state index in [1.165, 1.54) is 6.07 Å². The molecular weight excluding hydrogens is 336 g/mol. The number of benzene rings is 2. The van der Waals surface area contributed by atoms with Crippen LogP contribution in [0.15, 0.2) is 42.5 Å². The lowest BCUT2D eigenvalue weighted by Gasteiger charge is -2.28. The Kier molecular flexibility index (Phi) is 5.48. The molecule has 0 N–H and O–H groups in total. The second-order valence-corrected chi connectivity index (χ2v) is 6.13. The Balaban J connectivity index is 1.75. The first-order valence-corrected chi connectivity index (χ1v) is 8.38. The first-order valence-electron chi connectivity index (χ1n) is 8.38. The molecule has 0 amide bonds. The molecule has 7 heteroatoms. The molecule has 1 saturated heterocycles. The Morgan fingerprint density at radius 1 is 1.23 bits per heavy atom. The second kappa shape index (κ2) is 7.97. The SMILES string of the molecule is Cc1cccc(COC(=O)c2ccc(N3CCOCC3)c([N+](=O)[O-])c2)c1. The number of nitro groups is 1. The summed E-state index contributed by atoms with van der Waals surface area (Å²) in [5.74, 6) is -0.580. The van der Waals surface area contributed by atoms with Gasteiger partial charge in [-0.1, -0.05) is 29.8 Å². The summed E-state index contributed by atoms with van der Waals surface area (Å²) in [6.07, 6.45) is 0. The molecule has 2 aromatic carbocycles. The van der Waals surface area contributed by atoms with Gasteiger partial charge in [-0.2, -0.15) is 0 Å².